The first-order valence-corrected chi connectivity index (χ1v) is 7.41. The smallest absolute Gasteiger partial charge is 0.225 e. The second-order valence-electron chi connectivity index (χ2n) is 5.06. The standard InChI is InChI=1S/C15H24N4O/c1-3-4-5-6-7-8-9-10-14(20)18-15-13(11-16)12-17-19(15)2/h12H,3-10H2,1-2H3,(H,18,20). The maximum Gasteiger partial charge on any atom is 0.225 e. The minimum Gasteiger partial charge on any atom is -0.310 e. The van der Waals surface area contributed by atoms with E-state index in [2.05, 4.69) is 17.3 Å². The Bertz CT molecular complexity index is 459. The van der Waals surface area contributed by atoms with Gasteiger partial charge in [0.05, 0.1) is 6.20 Å². The third kappa shape index (κ3) is 5.43. The van der Waals surface area contributed by atoms with Crippen molar-refractivity contribution in [1.29, 1.82) is 5.26 Å². The Hall–Kier alpha value is -1.83. The van der Waals surface area contributed by atoms with Crippen LogP contribution in [0.2, 0.25) is 0 Å². The lowest BCUT2D eigenvalue weighted by atomic mass is 10.1. The molecule has 0 fully saturated rings. The number of carbonyl (C=O) groups is 1. The molecule has 0 aliphatic heterocycles. The molecule has 0 aliphatic carbocycles. The van der Waals surface area contributed by atoms with Gasteiger partial charge in [-0.15, -0.1) is 0 Å². The van der Waals surface area contributed by atoms with Crippen molar-refractivity contribution in [3.05, 3.63) is 11.8 Å². The van der Waals surface area contributed by atoms with Crippen LogP contribution in [0.25, 0.3) is 0 Å². The number of unbranched alkanes of at least 4 members (excludes halogenated alkanes) is 6. The number of hydrogen-bond donors (Lipinski definition) is 1. The number of aryl methyl sites for hydroxylation is 1. The maximum atomic E-state index is 11.8. The van der Waals surface area contributed by atoms with Crippen LogP contribution in [0, 0.1) is 11.3 Å². The molecule has 0 saturated heterocycles. The lowest BCUT2D eigenvalue weighted by Crippen LogP contribution is -2.14. The highest BCUT2D eigenvalue weighted by Gasteiger charge is 2.11. The quantitative estimate of drug-likeness (QED) is 0.703. The number of nitrogens with zero attached hydrogens (tertiary/aromatic N) is 3. The van der Waals surface area contributed by atoms with Crippen molar-refractivity contribution in [3.63, 3.8) is 0 Å². The summed E-state index contributed by atoms with van der Waals surface area (Å²) < 4.78 is 1.52. The lowest BCUT2D eigenvalue weighted by Gasteiger charge is -2.06. The van der Waals surface area contributed by atoms with E-state index < -0.39 is 0 Å². The fourth-order valence-electron chi connectivity index (χ4n) is 2.10. The number of rotatable bonds is 9. The molecule has 0 radical (unpaired) electrons. The molecular weight excluding hydrogens is 252 g/mol. The molecule has 0 saturated carbocycles. The highest BCUT2D eigenvalue weighted by Crippen LogP contribution is 2.14. The van der Waals surface area contributed by atoms with E-state index >= 15 is 0 Å². The van der Waals surface area contributed by atoms with E-state index in [9.17, 15) is 4.79 Å². The molecule has 20 heavy (non-hydrogen) atoms. The third-order valence-corrected chi connectivity index (χ3v) is 3.32. The van der Waals surface area contributed by atoms with Crippen LogP contribution < -0.4 is 5.32 Å². The van der Waals surface area contributed by atoms with Crippen LogP contribution in [0.5, 0.6) is 0 Å². The summed E-state index contributed by atoms with van der Waals surface area (Å²) in [6.45, 7) is 2.21. The zero-order chi connectivity index (χ0) is 14.8. The molecule has 0 spiro atoms. The Morgan fingerprint density at radius 1 is 1.30 bits per heavy atom. The van der Waals surface area contributed by atoms with Crippen molar-refractivity contribution in [2.75, 3.05) is 5.32 Å². The first-order valence-electron chi connectivity index (χ1n) is 7.41. The largest absolute Gasteiger partial charge is 0.310 e. The van der Waals surface area contributed by atoms with E-state index in [1.54, 1.807) is 7.05 Å². The summed E-state index contributed by atoms with van der Waals surface area (Å²) in [4.78, 5) is 11.8. The van der Waals surface area contributed by atoms with Gasteiger partial charge in [-0.2, -0.15) is 10.4 Å². The predicted octanol–water partition coefficient (Wildman–Crippen LogP) is 3.37. The van der Waals surface area contributed by atoms with E-state index in [1.807, 2.05) is 6.07 Å². The fraction of sp³-hybridized carbons (Fsp3) is 0.667. The second-order valence-corrected chi connectivity index (χ2v) is 5.06. The van der Waals surface area contributed by atoms with Crippen molar-refractivity contribution in [3.8, 4) is 6.07 Å². The Kier molecular flexibility index (Phi) is 7.41. The molecule has 1 amide bonds. The molecule has 1 heterocycles. The van der Waals surface area contributed by atoms with Gasteiger partial charge >= 0.3 is 0 Å². The van der Waals surface area contributed by atoms with Crippen molar-refractivity contribution < 1.29 is 4.79 Å². The number of hydrogen-bond acceptors (Lipinski definition) is 3. The van der Waals surface area contributed by atoms with Gasteiger partial charge in [0.25, 0.3) is 0 Å². The molecule has 1 aromatic heterocycles. The van der Waals surface area contributed by atoms with E-state index in [0.29, 0.717) is 17.8 Å². The molecular formula is C15H24N4O. The summed E-state index contributed by atoms with van der Waals surface area (Å²) in [6, 6.07) is 2.02. The van der Waals surface area contributed by atoms with Gasteiger partial charge < -0.3 is 5.32 Å². The van der Waals surface area contributed by atoms with Crippen LogP contribution >= 0.6 is 0 Å². The minimum absolute atomic E-state index is 0.0429. The van der Waals surface area contributed by atoms with Crippen molar-refractivity contribution in [1.82, 2.24) is 9.78 Å². The number of amides is 1. The van der Waals surface area contributed by atoms with Crippen LogP contribution in [0.1, 0.15) is 63.9 Å². The molecule has 1 aromatic rings. The van der Waals surface area contributed by atoms with Gasteiger partial charge in [0.15, 0.2) is 0 Å². The average Bonchev–Trinajstić information content (AvgIpc) is 2.78. The topological polar surface area (TPSA) is 70.7 Å². The first-order chi connectivity index (χ1) is 9.69. The molecule has 5 heteroatoms. The summed E-state index contributed by atoms with van der Waals surface area (Å²) in [6.07, 6.45) is 10.3. The average molecular weight is 276 g/mol. The van der Waals surface area contributed by atoms with Gasteiger partial charge in [-0.05, 0) is 6.42 Å². The Balaban J connectivity index is 2.21. The first kappa shape index (κ1) is 16.2. The fourth-order valence-corrected chi connectivity index (χ4v) is 2.10. The van der Waals surface area contributed by atoms with Gasteiger partial charge in [-0.1, -0.05) is 45.4 Å². The Labute approximate surface area is 121 Å². The van der Waals surface area contributed by atoms with Crippen molar-refractivity contribution >= 4 is 11.7 Å². The molecule has 1 N–H and O–H groups in total. The van der Waals surface area contributed by atoms with Crippen molar-refractivity contribution in [2.24, 2.45) is 7.05 Å². The normalized spacial score (nSPS) is 10.2. The number of nitrogens with one attached hydrogen (secondary N) is 1. The summed E-state index contributed by atoms with van der Waals surface area (Å²) in [5, 5.41) is 15.6. The number of carbonyl (C=O) groups excluding carboxylic acids is 1. The number of aromatic nitrogens is 2. The second kappa shape index (κ2) is 9.13. The molecule has 0 unspecified atom stereocenters. The van der Waals surface area contributed by atoms with Crippen LogP contribution in [0.15, 0.2) is 6.20 Å². The minimum atomic E-state index is -0.0429. The maximum absolute atomic E-state index is 11.8. The molecule has 0 atom stereocenters. The van der Waals surface area contributed by atoms with Crippen LogP contribution in [0.4, 0.5) is 5.82 Å². The molecule has 0 bridgehead atoms. The van der Waals surface area contributed by atoms with Crippen LogP contribution in [-0.2, 0) is 11.8 Å². The van der Waals surface area contributed by atoms with E-state index in [1.165, 1.54) is 43.0 Å². The SMILES string of the molecule is CCCCCCCCCC(=O)Nc1c(C#N)cnn1C. The van der Waals surface area contributed by atoms with Gasteiger partial charge in [0.1, 0.15) is 17.5 Å². The van der Waals surface area contributed by atoms with E-state index in [4.69, 9.17) is 5.26 Å². The molecule has 0 aromatic carbocycles. The molecule has 1 rings (SSSR count). The van der Waals surface area contributed by atoms with Gasteiger partial charge in [-0.3, -0.25) is 9.48 Å². The lowest BCUT2D eigenvalue weighted by molar-refractivity contribution is -0.116. The van der Waals surface area contributed by atoms with Crippen LogP contribution in [-0.4, -0.2) is 15.7 Å². The highest BCUT2D eigenvalue weighted by atomic mass is 16.1. The molecule has 0 aliphatic rings. The van der Waals surface area contributed by atoms with E-state index in [-0.39, 0.29) is 5.91 Å². The number of nitriles is 1. The Morgan fingerprint density at radius 2 is 1.95 bits per heavy atom. The van der Waals surface area contributed by atoms with E-state index in [0.717, 1.165) is 12.8 Å². The third-order valence-electron chi connectivity index (χ3n) is 3.32. The monoisotopic (exact) mass is 276 g/mol. The summed E-state index contributed by atoms with van der Waals surface area (Å²) in [5.74, 6) is 0.444. The van der Waals surface area contributed by atoms with Gasteiger partial charge in [0, 0.05) is 13.5 Å². The van der Waals surface area contributed by atoms with Crippen LogP contribution in [0.3, 0.4) is 0 Å². The summed E-state index contributed by atoms with van der Waals surface area (Å²) in [7, 11) is 1.71. The number of anilines is 1. The molecule has 110 valence electrons. The Morgan fingerprint density at radius 3 is 2.60 bits per heavy atom. The van der Waals surface area contributed by atoms with Crippen molar-refractivity contribution in [2.45, 2.75) is 58.3 Å². The molecule has 5 nitrogen and oxygen atoms in total. The zero-order valence-corrected chi connectivity index (χ0v) is 12.5. The highest BCUT2D eigenvalue weighted by molar-refractivity contribution is 5.91. The zero-order valence-electron chi connectivity index (χ0n) is 12.5. The summed E-state index contributed by atoms with van der Waals surface area (Å²) >= 11 is 0. The van der Waals surface area contributed by atoms with Gasteiger partial charge in [0.2, 0.25) is 5.91 Å². The summed E-state index contributed by atoms with van der Waals surface area (Å²) in [5.41, 5.74) is 0.403. The van der Waals surface area contributed by atoms with Gasteiger partial charge in [-0.25, -0.2) is 0 Å². The predicted molar refractivity (Wildman–Crippen MR) is 79.2 cm³/mol.